The van der Waals surface area contributed by atoms with Crippen molar-refractivity contribution in [2.24, 2.45) is 0 Å². The molecule has 1 heterocycles. The fourth-order valence-corrected chi connectivity index (χ4v) is 2.38. The SMILES string of the molecule is [C-]#[N+]c1ccc(CC(=O)[C@@](C)(O)Cn2ccc(C#N)c2)cc1C. The zero-order valence-corrected chi connectivity index (χ0v) is 13.1. The number of nitrogens with zero attached hydrogens (tertiary/aromatic N) is 3. The van der Waals surface area contributed by atoms with Crippen molar-refractivity contribution >= 4 is 11.5 Å². The van der Waals surface area contributed by atoms with E-state index in [0.717, 1.165) is 11.1 Å². The molecule has 5 heteroatoms. The molecule has 0 amide bonds. The number of rotatable bonds is 5. The topological polar surface area (TPSA) is 70.4 Å². The van der Waals surface area contributed by atoms with Crippen molar-refractivity contribution in [3.63, 3.8) is 0 Å². The molecular formula is C18H17N3O2. The van der Waals surface area contributed by atoms with E-state index in [1.165, 1.54) is 6.92 Å². The van der Waals surface area contributed by atoms with Crippen LogP contribution in [0.5, 0.6) is 0 Å². The van der Waals surface area contributed by atoms with Gasteiger partial charge in [-0.15, -0.1) is 0 Å². The van der Waals surface area contributed by atoms with Crippen molar-refractivity contribution in [1.29, 1.82) is 5.26 Å². The van der Waals surface area contributed by atoms with Crippen molar-refractivity contribution in [3.05, 3.63) is 64.8 Å². The predicted molar refractivity (Wildman–Crippen MR) is 85.9 cm³/mol. The molecule has 0 saturated heterocycles. The first kappa shape index (κ1) is 16.5. The summed E-state index contributed by atoms with van der Waals surface area (Å²) in [6.45, 7) is 10.4. The molecule has 0 aliphatic carbocycles. The second kappa shape index (κ2) is 6.48. The molecule has 5 nitrogen and oxygen atoms in total. The quantitative estimate of drug-likeness (QED) is 0.863. The third-order valence-electron chi connectivity index (χ3n) is 3.72. The molecule has 2 rings (SSSR count). The third-order valence-corrected chi connectivity index (χ3v) is 3.72. The van der Waals surface area contributed by atoms with Gasteiger partial charge in [-0.05, 0) is 31.0 Å². The highest BCUT2D eigenvalue weighted by Gasteiger charge is 2.30. The van der Waals surface area contributed by atoms with Gasteiger partial charge in [0.25, 0.3) is 0 Å². The normalized spacial score (nSPS) is 12.9. The molecule has 0 bridgehead atoms. The second-order valence-corrected chi connectivity index (χ2v) is 5.79. The Morgan fingerprint density at radius 2 is 2.22 bits per heavy atom. The summed E-state index contributed by atoms with van der Waals surface area (Å²) in [4.78, 5) is 15.8. The molecule has 0 fully saturated rings. The van der Waals surface area contributed by atoms with Crippen molar-refractivity contribution in [1.82, 2.24) is 4.57 Å². The van der Waals surface area contributed by atoms with Crippen LogP contribution in [0.25, 0.3) is 4.85 Å². The van der Waals surface area contributed by atoms with Crippen molar-refractivity contribution in [2.45, 2.75) is 32.4 Å². The van der Waals surface area contributed by atoms with E-state index in [0.29, 0.717) is 11.3 Å². The molecule has 116 valence electrons. The summed E-state index contributed by atoms with van der Waals surface area (Å²) in [7, 11) is 0. The summed E-state index contributed by atoms with van der Waals surface area (Å²) >= 11 is 0. The highest BCUT2D eigenvalue weighted by Crippen LogP contribution is 2.21. The molecule has 0 saturated carbocycles. The number of benzene rings is 1. The van der Waals surface area contributed by atoms with Gasteiger partial charge in [0, 0.05) is 18.8 Å². The van der Waals surface area contributed by atoms with Crippen LogP contribution in [0.2, 0.25) is 0 Å². The summed E-state index contributed by atoms with van der Waals surface area (Å²) in [5, 5.41) is 19.3. The van der Waals surface area contributed by atoms with E-state index in [1.54, 1.807) is 41.2 Å². The molecule has 1 N–H and O–H groups in total. The van der Waals surface area contributed by atoms with Gasteiger partial charge in [-0.1, -0.05) is 18.2 Å². The summed E-state index contributed by atoms with van der Waals surface area (Å²) in [5.74, 6) is -0.306. The van der Waals surface area contributed by atoms with Crippen molar-refractivity contribution in [3.8, 4) is 6.07 Å². The molecule has 1 aromatic carbocycles. The number of ketones is 1. The molecule has 0 aliphatic rings. The molecule has 0 spiro atoms. The average molecular weight is 307 g/mol. The summed E-state index contributed by atoms with van der Waals surface area (Å²) < 4.78 is 1.63. The number of carbonyl (C=O) groups excluding carboxylic acids is 1. The first-order valence-electron chi connectivity index (χ1n) is 7.14. The van der Waals surface area contributed by atoms with Crippen LogP contribution in [0.1, 0.15) is 23.6 Å². The van der Waals surface area contributed by atoms with Crippen LogP contribution in [-0.4, -0.2) is 21.1 Å². The number of Topliss-reactive ketones (excluding diaryl/α,β-unsaturated/α-hetero) is 1. The van der Waals surface area contributed by atoms with Crippen LogP contribution < -0.4 is 0 Å². The number of aryl methyl sites for hydroxylation is 1. The minimum atomic E-state index is -1.53. The lowest BCUT2D eigenvalue weighted by Crippen LogP contribution is -2.40. The first-order chi connectivity index (χ1) is 10.9. The van der Waals surface area contributed by atoms with E-state index in [9.17, 15) is 9.90 Å². The monoisotopic (exact) mass is 307 g/mol. The van der Waals surface area contributed by atoms with Crippen molar-refractivity contribution < 1.29 is 9.90 Å². The fraction of sp³-hybridized carbons (Fsp3) is 0.278. The molecule has 0 aliphatic heterocycles. The number of hydrogen-bond donors (Lipinski definition) is 1. The Hall–Kier alpha value is -2.89. The zero-order chi connectivity index (χ0) is 17.0. The zero-order valence-electron chi connectivity index (χ0n) is 13.1. The van der Waals surface area contributed by atoms with Gasteiger partial charge in [-0.3, -0.25) is 4.79 Å². The van der Waals surface area contributed by atoms with E-state index in [2.05, 4.69) is 4.85 Å². The maximum absolute atomic E-state index is 12.4. The molecule has 1 atom stereocenters. The number of aromatic nitrogens is 1. The third kappa shape index (κ3) is 3.85. The molecule has 2 aromatic rings. The standard InChI is InChI=1S/C18H17N3O2/c1-13-8-14(4-5-16(13)20-3)9-17(22)18(2,23)12-21-7-6-15(10-19)11-21/h4-8,11,23H,9,12H2,1-2H3/t18-/m0/s1. The highest BCUT2D eigenvalue weighted by atomic mass is 16.3. The average Bonchev–Trinajstić information content (AvgIpc) is 2.94. The first-order valence-corrected chi connectivity index (χ1v) is 7.14. The van der Waals surface area contributed by atoms with Gasteiger partial charge in [0.15, 0.2) is 11.5 Å². The molecule has 0 radical (unpaired) electrons. The predicted octanol–water partition coefficient (Wildman–Crippen LogP) is 2.78. The Morgan fingerprint density at radius 3 is 2.78 bits per heavy atom. The van der Waals surface area contributed by atoms with Gasteiger partial charge >= 0.3 is 0 Å². The van der Waals surface area contributed by atoms with Gasteiger partial charge in [0.2, 0.25) is 0 Å². The number of hydrogen-bond acceptors (Lipinski definition) is 3. The van der Waals surface area contributed by atoms with E-state index >= 15 is 0 Å². The van der Waals surface area contributed by atoms with Crippen LogP contribution in [0.3, 0.4) is 0 Å². The molecular weight excluding hydrogens is 290 g/mol. The van der Waals surface area contributed by atoms with Gasteiger partial charge in [0.1, 0.15) is 11.7 Å². The molecule has 23 heavy (non-hydrogen) atoms. The van der Waals surface area contributed by atoms with Crippen LogP contribution in [0.15, 0.2) is 36.7 Å². The summed E-state index contributed by atoms with van der Waals surface area (Å²) in [5.41, 5.74) is 1.10. The summed E-state index contributed by atoms with van der Waals surface area (Å²) in [6.07, 6.45) is 3.35. The van der Waals surface area contributed by atoms with Gasteiger partial charge in [-0.2, -0.15) is 5.26 Å². The Bertz CT molecular complexity index is 820. The van der Waals surface area contributed by atoms with E-state index in [4.69, 9.17) is 11.8 Å². The van der Waals surface area contributed by atoms with Gasteiger partial charge in [-0.25, -0.2) is 4.85 Å². The molecule has 0 unspecified atom stereocenters. The Kier molecular flexibility index (Phi) is 4.64. The largest absolute Gasteiger partial charge is 0.380 e. The van der Waals surface area contributed by atoms with Crippen LogP contribution in [0.4, 0.5) is 5.69 Å². The van der Waals surface area contributed by atoms with E-state index < -0.39 is 5.60 Å². The highest BCUT2D eigenvalue weighted by molar-refractivity contribution is 5.88. The minimum absolute atomic E-state index is 0.0899. The van der Waals surface area contributed by atoms with Crippen LogP contribution in [0, 0.1) is 24.8 Å². The minimum Gasteiger partial charge on any atom is -0.380 e. The lowest BCUT2D eigenvalue weighted by Gasteiger charge is -2.22. The maximum atomic E-state index is 12.4. The van der Waals surface area contributed by atoms with E-state index in [-0.39, 0.29) is 18.7 Å². The number of aliphatic hydroxyl groups is 1. The van der Waals surface area contributed by atoms with E-state index in [1.807, 2.05) is 13.0 Å². The number of carbonyl (C=O) groups is 1. The Balaban J connectivity index is 2.11. The lowest BCUT2D eigenvalue weighted by molar-refractivity contribution is -0.136. The van der Waals surface area contributed by atoms with Crippen LogP contribution in [-0.2, 0) is 17.8 Å². The Labute approximate surface area is 135 Å². The lowest BCUT2D eigenvalue weighted by atomic mass is 9.94. The summed E-state index contributed by atoms with van der Waals surface area (Å²) in [6, 6.07) is 8.86. The molecule has 1 aromatic heterocycles. The van der Waals surface area contributed by atoms with Gasteiger partial charge < -0.3 is 9.67 Å². The van der Waals surface area contributed by atoms with Crippen molar-refractivity contribution in [2.75, 3.05) is 0 Å². The van der Waals surface area contributed by atoms with Crippen LogP contribution >= 0.6 is 0 Å². The second-order valence-electron chi connectivity index (χ2n) is 5.79. The maximum Gasteiger partial charge on any atom is 0.190 e. The van der Waals surface area contributed by atoms with Gasteiger partial charge in [0.05, 0.1) is 18.7 Å². The number of nitriles is 1. The fourth-order valence-electron chi connectivity index (χ4n) is 2.38. The Morgan fingerprint density at radius 1 is 1.48 bits per heavy atom. The smallest absolute Gasteiger partial charge is 0.190 e.